The first-order chi connectivity index (χ1) is 12.7. The monoisotopic (exact) mass is 375 g/mol. The van der Waals surface area contributed by atoms with E-state index in [1.165, 1.54) is 18.2 Å². The fraction of sp³-hybridized carbons (Fsp3) is 0.526. The van der Waals surface area contributed by atoms with E-state index in [0.717, 1.165) is 37.1 Å². The minimum absolute atomic E-state index is 0.155. The van der Waals surface area contributed by atoms with Gasteiger partial charge in [0, 0.05) is 18.2 Å². The maximum absolute atomic E-state index is 12.5. The van der Waals surface area contributed by atoms with E-state index in [1.54, 1.807) is 0 Å². The normalized spacial score (nSPS) is 17.3. The lowest BCUT2D eigenvalue weighted by molar-refractivity contribution is -0.132. The number of likely N-dealkylation sites (tertiary alicyclic amines) is 1. The summed E-state index contributed by atoms with van der Waals surface area (Å²) in [5.41, 5.74) is 0.834. The van der Waals surface area contributed by atoms with E-state index < -0.39 is 0 Å². The van der Waals surface area contributed by atoms with E-state index in [4.69, 9.17) is 9.15 Å². The van der Waals surface area contributed by atoms with Crippen molar-refractivity contribution in [3.63, 3.8) is 0 Å². The number of hydrogen-bond donors (Lipinski definition) is 0. The Labute approximate surface area is 158 Å². The first kappa shape index (κ1) is 18.8. The van der Waals surface area contributed by atoms with Gasteiger partial charge in [0.15, 0.2) is 0 Å². The van der Waals surface area contributed by atoms with Gasteiger partial charge in [-0.05, 0) is 56.9 Å². The molecule has 1 saturated heterocycles. The van der Waals surface area contributed by atoms with Crippen molar-refractivity contribution in [2.75, 3.05) is 18.9 Å². The number of ether oxygens (including phenoxy) is 1. The van der Waals surface area contributed by atoms with Gasteiger partial charge >= 0.3 is 0 Å². The molecule has 0 radical (unpaired) electrons. The zero-order valence-electron chi connectivity index (χ0n) is 15.3. The van der Waals surface area contributed by atoms with E-state index in [0.29, 0.717) is 29.5 Å². The Morgan fingerprint density at radius 2 is 2.08 bits per heavy atom. The van der Waals surface area contributed by atoms with Crippen molar-refractivity contribution in [3.05, 3.63) is 24.3 Å². The molecule has 6 nitrogen and oxygen atoms in total. The van der Waals surface area contributed by atoms with E-state index in [2.05, 4.69) is 17.1 Å². The van der Waals surface area contributed by atoms with Crippen LogP contribution in [0.2, 0.25) is 0 Å². The first-order valence-corrected chi connectivity index (χ1v) is 10.2. The van der Waals surface area contributed by atoms with Crippen LogP contribution in [0.25, 0.3) is 11.5 Å². The van der Waals surface area contributed by atoms with Crippen LogP contribution in [0.3, 0.4) is 0 Å². The average molecular weight is 375 g/mol. The summed E-state index contributed by atoms with van der Waals surface area (Å²) < 4.78 is 11.1. The van der Waals surface area contributed by atoms with Crippen LogP contribution in [0.1, 0.15) is 39.5 Å². The molecule has 140 valence electrons. The van der Waals surface area contributed by atoms with E-state index in [1.807, 2.05) is 36.1 Å². The van der Waals surface area contributed by atoms with Crippen LogP contribution in [0.4, 0.5) is 0 Å². The molecule has 1 amide bonds. The Balaban J connectivity index is 1.57. The average Bonchev–Trinajstić information content (AvgIpc) is 3.16. The molecule has 0 unspecified atom stereocenters. The highest BCUT2D eigenvalue weighted by molar-refractivity contribution is 7.99. The molecule has 0 N–H and O–H groups in total. The molecule has 0 bridgehead atoms. The van der Waals surface area contributed by atoms with Crippen molar-refractivity contribution in [1.82, 2.24) is 15.1 Å². The molecule has 0 aliphatic carbocycles. The molecule has 1 atom stereocenters. The summed E-state index contributed by atoms with van der Waals surface area (Å²) in [4.78, 5) is 14.5. The second-order valence-corrected chi connectivity index (χ2v) is 7.19. The molecule has 1 fully saturated rings. The third-order valence-electron chi connectivity index (χ3n) is 4.56. The molecule has 26 heavy (non-hydrogen) atoms. The van der Waals surface area contributed by atoms with Crippen molar-refractivity contribution >= 4 is 17.7 Å². The maximum Gasteiger partial charge on any atom is 0.277 e. The predicted molar refractivity (Wildman–Crippen MR) is 101 cm³/mol. The van der Waals surface area contributed by atoms with Crippen LogP contribution >= 0.6 is 11.8 Å². The van der Waals surface area contributed by atoms with Gasteiger partial charge in [0.2, 0.25) is 11.8 Å². The number of thioether (sulfide) groups is 1. The lowest BCUT2D eigenvalue weighted by Crippen LogP contribution is -2.44. The maximum atomic E-state index is 12.5. The van der Waals surface area contributed by atoms with Crippen LogP contribution in [-0.2, 0) is 4.79 Å². The molecule has 1 aromatic carbocycles. The minimum Gasteiger partial charge on any atom is -0.494 e. The molecular formula is C19H25N3O3S. The molecule has 7 heteroatoms. The number of piperidine rings is 1. The van der Waals surface area contributed by atoms with Crippen molar-refractivity contribution in [1.29, 1.82) is 0 Å². The number of rotatable bonds is 7. The summed E-state index contributed by atoms with van der Waals surface area (Å²) in [6.45, 7) is 5.58. The number of aromatic nitrogens is 2. The topological polar surface area (TPSA) is 68.5 Å². The predicted octanol–water partition coefficient (Wildman–Crippen LogP) is 4.02. The Bertz CT molecular complexity index is 717. The largest absolute Gasteiger partial charge is 0.494 e. The molecule has 1 aliphatic heterocycles. The summed E-state index contributed by atoms with van der Waals surface area (Å²) in [6, 6.07) is 7.90. The molecule has 2 aromatic rings. The fourth-order valence-electron chi connectivity index (χ4n) is 3.20. The molecule has 1 aromatic heterocycles. The standard InChI is InChI=1S/C19H25N3O3S/c1-3-15-7-5-6-12-22(15)17(23)13-26-19-21-20-18(25-19)14-8-10-16(11-9-14)24-4-2/h8-11,15H,3-7,12-13H2,1-2H3/t15-/m0/s1. The Morgan fingerprint density at radius 1 is 1.27 bits per heavy atom. The van der Waals surface area contributed by atoms with Gasteiger partial charge in [-0.25, -0.2) is 0 Å². The van der Waals surface area contributed by atoms with Crippen molar-refractivity contribution in [3.8, 4) is 17.2 Å². The van der Waals surface area contributed by atoms with E-state index >= 15 is 0 Å². The summed E-state index contributed by atoms with van der Waals surface area (Å²) in [7, 11) is 0. The van der Waals surface area contributed by atoms with E-state index in [9.17, 15) is 4.79 Å². The van der Waals surface area contributed by atoms with Crippen molar-refractivity contribution < 1.29 is 13.9 Å². The van der Waals surface area contributed by atoms with Gasteiger partial charge in [0.05, 0.1) is 12.4 Å². The van der Waals surface area contributed by atoms with Gasteiger partial charge in [0.1, 0.15) is 5.75 Å². The second-order valence-electron chi connectivity index (χ2n) is 6.26. The molecule has 1 aliphatic rings. The van der Waals surface area contributed by atoms with Gasteiger partial charge in [-0.2, -0.15) is 0 Å². The lowest BCUT2D eigenvalue weighted by Gasteiger charge is -2.35. The van der Waals surface area contributed by atoms with Crippen LogP contribution in [0.5, 0.6) is 5.75 Å². The molecule has 0 saturated carbocycles. The molecule has 2 heterocycles. The van der Waals surface area contributed by atoms with Gasteiger partial charge in [-0.1, -0.05) is 18.7 Å². The second kappa shape index (κ2) is 9.07. The fourth-order valence-corrected chi connectivity index (χ4v) is 3.85. The highest BCUT2D eigenvalue weighted by Gasteiger charge is 2.25. The highest BCUT2D eigenvalue weighted by atomic mass is 32.2. The van der Waals surface area contributed by atoms with Crippen LogP contribution in [0, 0.1) is 0 Å². The van der Waals surface area contributed by atoms with Crippen LogP contribution in [-0.4, -0.2) is 46.0 Å². The van der Waals surface area contributed by atoms with Gasteiger partial charge < -0.3 is 14.1 Å². The summed E-state index contributed by atoms with van der Waals surface area (Å²) in [5.74, 6) is 1.75. The van der Waals surface area contributed by atoms with Gasteiger partial charge in [-0.15, -0.1) is 10.2 Å². The van der Waals surface area contributed by atoms with Crippen molar-refractivity contribution in [2.24, 2.45) is 0 Å². The molecule has 0 spiro atoms. The number of nitrogens with zero attached hydrogens (tertiary/aromatic N) is 3. The number of amides is 1. The SMILES string of the molecule is CCOc1ccc(-c2nnc(SCC(=O)N3CCCC[C@@H]3CC)o2)cc1. The minimum atomic E-state index is 0.155. The zero-order chi connectivity index (χ0) is 18.4. The third-order valence-corrected chi connectivity index (χ3v) is 5.36. The summed E-state index contributed by atoms with van der Waals surface area (Å²) >= 11 is 1.31. The summed E-state index contributed by atoms with van der Waals surface area (Å²) in [6.07, 6.45) is 4.42. The van der Waals surface area contributed by atoms with Crippen molar-refractivity contribution in [2.45, 2.75) is 50.8 Å². The van der Waals surface area contributed by atoms with Gasteiger partial charge in [0.25, 0.3) is 5.22 Å². The molecular weight excluding hydrogens is 350 g/mol. The summed E-state index contributed by atoms with van der Waals surface area (Å²) in [5, 5.41) is 8.56. The van der Waals surface area contributed by atoms with Crippen LogP contribution < -0.4 is 4.74 Å². The Hall–Kier alpha value is -2.02. The number of carbonyl (C=O) groups is 1. The Morgan fingerprint density at radius 3 is 2.81 bits per heavy atom. The van der Waals surface area contributed by atoms with E-state index in [-0.39, 0.29) is 5.91 Å². The van der Waals surface area contributed by atoms with Crippen LogP contribution in [0.15, 0.2) is 33.9 Å². The molecule has 3 rings (SSSR count). The number of benzene rings is 1. The van der Waals surface area contributed by atoms with Gasteiger partial charge in [-0.3, -0.25) is 4.79 Å². The quantitative estimate of drug-likeness (QED) is 0.681. The third kappa shape index (κ3) is 4.58. The smallest absolute Gasteiger partial charge is 0.277 e. The first-order valence-electron chi connectivity index (χ1n) is 9.20. The number of carbonyl (C=O) groups excluding carboxylic acids is 1. The lowest BCUT2D eigenvalue weighted by atomic mass is 10.0. The highest BCUT2D eigenvalue weighted by Crippen LogP contribution is 2.26. The zero-order valence-corrected chi connectivity index (χ0v) is 16.1. The number of hydrogen-bond acceptors (Lipinski definition) is 6. The Kier molecular flexibility index (Phi) is 6.55.